The van der Waals surface area contributed by atoms with Gasteiger partial charge in [-0.3, -0.25) is 0 Å². The first-order valence-corrected chi connectivity index (χ1v) is 10.6. The highest BCUT2D eigenvalue weighted by Crippen LogP contribution is 2.37. The van der Waals surface area contributed by atoms with E-state index in [2.05, 4.69) is 6.92 Å². The second kappa shape index (κ2) is 9.14. The normalized spacial score (nSPS) is 26.4. The Hall–Kier alpha value is -0.920. The van der Waals surface area contributed by atoms with Crippen molar-refractivity contribution in [1.82, 2.24) is 0 Å². The van der Waals surface area contributed by atoms with Gasteiger partial charge in [-0.25, -0.2) is 8.78 Å². The van der Waals surface area contributed by atoms with E-state index in [0.29, 0.717) is 5.92 Å². The number of hydrogen-bond acceptors (Lipinski definition) is 0. The quantitative estimate of drug-likeness (QED) is 0.456. The number of benzene rings is 1. The second-order valence-electron chi connectivity index (χ2n) is 8.60. The highest BCUT2D eigenvalue weighted by Gasteiger charge is 2.24. The van der Waals surface area contributed by atoms with Crippen LogP contribution in [-0.4, -0.2) is 0 Å². The molecular formula is C23H34F2. The molecule has 1 unspecified atom stereocenters. The van der Waals surface area contributed by atoms with Gasteiger partial charge in [0.05, 0.1) is 0 Å². The Morgan fingerprint density at radius 1 is 0.760 bits per heavy atom. The third kappa shape index (κ3) is 5.28. The zero-order valence-corrected chi connectivity index (χ0v) is 15.8. The van der Waals surface area contributed by atoms with Crippen LogP contribution in [0.1, 0.15) is 88.7 Å². The highest BCUT2D eigenvalue weighted by molar-refractivity contribution is 5.31. The molecule has 0 aromatic heterocycles. The summed E-state index contributed by atoms with van der Waals surface area (Å²) in [5.74, 6) is 1.20. The molecule has 1 fully saturated rings. The number of halogens is 2. The van der Waals surface area contributed by atoms with E-state index in [1.165, 1.54) is 76.3 Å². The number of unbranched alkanes of at least 4 members (excludes halogenated alkanes) is 2. The standard InChI is InChI=1S/C23H34F2/c1-2-3-4-5-17-6-8-18(9-7-17)10-11-19-12-13-20-15-22(24)23(25)16-21(20)14-19/h15-19H,2-14H2,1H3. The minimum Gasteiger partial charge on any atom is -0.204 e. The molecule has 2 aliphatic rings. The number of fused-ring (bicyclic) bond motifs is 1. The zero-order valence-electron chi connectivity index (χ0n) is 15.8. The molecule has 0 spiro atoms. The third-order valence-electron chi connectivity index (χ3n) is 6.74. The van der Waals surface area contributed by atoms with Crippen molar-refractivity contribution in [3.8, 4) is 0 Å². The maximum Gasteiger partial charge on any atom is 0.159 e. The SMILES string of the molecule is CCCCCC1CCC(CCC2CCc3cc(F)c(F)cc3C2)CC1. The lowest BCUT2D eigenvalue weighted by molar-refractivity contribution is 0.233. The lowest BCUT2D eigenvalue weighted by atomic mass is 9.75. The van der Waals surface area contributed by atoms with Crippen molar-refractivity contribution in [3.63, 3.8) is 0 Å². The Morgan fingerprint density at radius 3 is 2.04 bits per heavy atom. The summed E-state index contributed by atoms with van der Waals surface area (Å²) in [6.07, 6.45) is 16.9. The summed E-state index contributed by atoms with van der Waals surface area (Å²) in [7, 11) is 0. The van der Waals surface area contributed by atoms with E-state index in [4.69, 9.17) is 0 Å². The molecule has 3 rings (SSSR count). The predicted octanol–water partition coefficient (Wildman–Crippen LogP) is 7.24. The molecule has 25 heavy (non-hydrogen) atoms. The molecule has 0 heterocycles. The van der Waals surface area contributed by atoms with Crippen LogP contribution in [-0.2, 0) is 12.8 Å². The lowest BCUT2D eigenvalue weighted by Gasteiger charge is -2.31. The maximum atomic E-state index is 13.5. The van der Waals surface area contributed by atoms with Gasteiger partial charge < -0.3 is 0 Å². The van der Waals surface area contributed by atoms with Gasteiger partial charge in [0.1, 0.15) is 0 Å². The fourth-order valence-electron chi connectivity index (χ4n) is 5.03. The molecule has 0 aliphatic heterocycles. The van der Waals surface area contributed by atoms with E-state index >= 15 is 0 Å². The molecule has 140 valence electrons. The van der Waals surface area contributed by atoms with Crippen LogP contribution in [0.5, 0.6) is 0 Å². The van der Waals surface area contributed by atoms with Gasteiger partial charge in [-0.2, -0.15) is 0 Å². The van der Waals surface area contributed by atoms with Crippen molar-refractivity contribution in [2.45, 2.75) is 90.4 Å². The van der Waals surface area contributed by atoms with E-state index in [0.717, 1.165) is 42.2 Å². The molecule has 1 atom stereocenters. The number of aryl methyl sites for hydroxylation is 1. The number of rotatable bonds is 7. The van der Waals surface area contributed by atoms with Crippen LogP contribution in [0.15, 0.2) is 12.1 Å². The van der Waals surface area contributed by atoms with Crippen molar-refractivity contribution >= 4 is 0 Å². The van der Waals surface area contributed by atoms with E-state index in [9.17, 15) is 8.78 Å². The van der Waals surface area contributed by atoms with Crippen LogP contribution < -0.4 is 0 Å². The monoisotopic (exact) mass is 348 g/mol. The van der Waals surface area contributed by atoms with Gasteiger partial charge in [-0.1, -0.05) is 64.7 Å². The molecule has 2 heteroatoms. The summed E-state index contributed by atoms with van der Waals surface area (Å²) in [5, 5.41) is 0. The Bertz CT molecular complexity index is 543. The summed E-state index contributed by atoms with van der Waals surface area (Å²) >= 11 is 0. The first-order valence-electron chi connectivity index (χ1n) is 10.6. The predicted molar refractivity (Wildman–Crippen MR) is 101 cm³/mol. The Morgan fingerprint density at radius 2 is 1.36 bits per heavy atom. The minimum absolute atomic E-state index is 0.666. The second-order valence-corrected chi connectivity index (χ2v) is 8.60. The molecular weight excluding hydrogens is 314 g/mol. The van der Waals surface area contributed by atoms with Gasteiger partial charge in [-0.15, -0.1) is 0 Å². The molecule has 1 saturated carbocycles. The van der Waals surface area contributed by atoms with Crippen molar-refractivity contribution in [2.24, 2.45) is 17.8 Å². The van der Waals surface area contributed by atoms with Crippen LogP contribution in [0, 0.1) is 29.4 Å². The smallest absolute Gasteiger partial charge is 0.159 e. The van der Waals surface area contributed by atoms with E-state index in [-0.39, 0.29) is 0 Å². The van der Waals surface area contributed by atoms with Crippen LogP contribution in [0.2, 0.25) is 0 Å². The van der Waals surface area contributed by atoms with Crippen molar-refractivity contribution in [1.29, 1.82) is 0 Å². The largest absolute Gasteiger partial charge is 0.204 e. The minimum atomic E-state index is -0.687. The zero-order chi connectivity index (χ0) is 17.6. The van der Waals surface area contributed by atoms with E-state index in [1.807, 2.05) is 0 Å². The fourth-order valence-corrected chi connectivity index (χ4v) is 5.03. The third-order valence-corrected chi connectivity index (χ3v) is 6.74. The summed E-state index contributed by atoms with van der Waals surface area (Å²) in [5.41, 5.74) is 2.08. The first kappa shape index (κ1) is 18.9. The van der Waals surface area contributed by atoms with Gasteiger partial charge in [0.25, 0.3) is 0 Å². The van der Waals surface area contributed by atoms with Crippen LogP contribution in [0.25, 0.3) is 0 Å². The Kier molecular flexibility index (Phi) is 6.90. The van der Waals surface area contributed by atoms with Crippen molar-refractivity contribution < 1.29 is 8.78 Å². The Labute approximate surface area is 152 Å². The molecule has 1 aromatic rings. The van der Waals surface area contributed by atoms with Crippen molar-refractivity contribution in [2.75, 3.05) is 0 Å². The van der Waals surface area contributed by atoms with Gasteiger partial charge in [0.15, 0.2) is 11.6 Å². The highest BCUT2D eigenvalue weighted by atomic mass is 19.2. The van der Waals surface area contributed by atoms with Gasteiger partial charge in [-0.05, 0) is 66.7 Å². The van der Waals surface area contributed by atoms with Gasteiger partial charge in [0.2, 0.25) is 0 Å². The van der Waals surface area contributed by atoms with E-state index < -0.39 is 11.6 Å². The van der Waals surface area contributed by atoms with Gasteiger partial charge >= 0.3 is 0 Å². The molecule has 0 saturated heterocycles. The summed E-state index contributed by atoms with van der Waals surface area (Å²) in [4.78, 5) is 0. The van der Waals surface area contributed by atoms with Crippen LogP contribution in [0.4, 0.5) is 8.78 Å². The van der Waals surface area contributed by atoms with Crippen LogP contribution >= 0.6 is 0 Å². The summed E-state index contributed by atoms with van der Waals surface area (Å²) in [6.45, 7) is 2.28. The fraction of sp³-hybridized carbons (Fsp3) is 0.739. The molecule has 0 radical (unpaired) electrons. The molecule has 0 nitrogen and oxygen atoms in total. The molecule has 1 aromatic carbocycles. The summed E-state index contributed by atoms with van der Waals surface area (Å²) < 4.78 is 26.8. The maximum absolute atomic E-state index is 13.5. The lowest BCUT2D eigenvalue weighted by Crippen LogP contribution is -2.19. The van der Waals surface area contributed by atoms with Gasteiger partial charge in [0, 0.05) is 0 Å². The molecule has 0 N–H and O–H groups in total. The van der Waals surface area contributed by atoms with Crippen LogP contribution in [0.3, 0.4) is 0 Å². The number of hydrogen-bond donors (Lipinski definition) is 0. The topological polar surface area (TPSA) is 0 Å². The Balaban J connectivity index is 1.39. The van der Waals surface area contributed by atoms with E-state index in [1.54, 1.807) is 0 Å². The first-order chi connectivity index (χ1) is 12.2. The molecule has 0 amide bonds. The average Bonchev–Trinajstić information content (AvgIpc) is 2.62. The molecule has 0 bridgehead atoms. The molecule has 2 aliphatic carbocycles. The van der Waals surface area contributed by atoms with Crippen molar-refractivity contribution in [3.05, 3.63) is 34.9 Å². The summed E-state index contributed by atoms with van der Waals surface area (Å²) in [6, 6.07) is 2.86. The average molecular weight is 349 g/mol.